The quantitative estimate of drug-likeness (QED) is 0.496. The fourth-order valence-electron chi connectivity index (χ4n) is 0. The van der Waals surface area contributed by atoms with Crippen molar-refractivity contribution in [2.75, 3.05) is 0 Å². The van der Waals surface area contributed by atoms with Gasteiger partial charge in [0.25, 0.3) is 0 Å². The molecule has 0 saturated heterocycles. The summed E-state index contributed by atoms with van der Waals surface area (Å²) in [6.45, 7) is 0. The molecule has 0 amide bonds. The zero-order valence-corrected chi connectivity index (χ0v) is 6.19. The molecule has 0 radical (unpaired) electrons. The van der Waals surface area contributed by atoms with Crippen LogP contribution >= 0.6 is 0 Å². The van der Waals surface area contributed by atoms with Gasteiger partial charge in [0.2, 0.25) is 0 Å². The third kappa shape index (κ3) is 22.1. The number of rotatable bonds is 0. The monoisotopic (exact) mass is 228 g/mol. The molecule has 0 aromatic rings. The van der Waals surface area contributed by atoms with Crippen molar-refractivity contribution in [1.82, 2.24) is 0 Å². The second-order valence-corrected chi connectivity index (χ2v) is 0. The van der Waals surface area contributed by atoms with E-state index in [0.29, 0.717) is 19.8 Å². The summed E-state index contributed by atoms with van der Waals surface area (Å²) in [6, 6.07) is 0. The molecular formula is HLiMoNiOTi. The van der Waals surface area contributed by atoms with E-state index in [-0.39, 0.29) is 57.1 Å². The third-order valence-electron chi connectivity index (χ3n) is 0. The van der Waals surface area contributed by atoms with Gasteiger partial charge in [-0.3, -0.25) is 0 Å². The molecule has 0 bridgehead atoms. The smallest absolute Gasteiger partial charge is 0 e. The normalized spacial score (nSPS) is 0.800. The molecule has 0 aliphatic carbocycles. The summed E-state index contributed by atoms with van der Waals surface area (Å²) in [6.07, 6.45) is 0. The van der Waals surface area contributed by atoms with Gasteiger partial charge < -0.3 is 0 Å². The molecule has 1 nitrogen and oxygen atoms in total. The molecule has 0 saturated carbocycles. The Morgan fingerprint density at radius 3 is 1.20 bits per heavy atom. The molecule has 0 fully saturated rings. The second-order valence-electron chi connectivity index (χ2n) is 0. The van der Waals surface area contributed by atoms with Crippen LogP contribution in [-0.4, -0.2) is 18.9 Å². The Labute approximate surface area is 79.2 Å². The first-order chi connectivity index (χ1) is 1.00. The molecule has 0 aromatic heterocycles. The average molecular weight is 226 g/mol. The maximum absolute atomic E-state index is 8.26. The minimum atomic E-state index is 0. The van der Waals surface area contributed by atoms with Crippen molar-refractivity contribution in [3.63, 3.8) is 0 Å². The molecule has 0 atom stereocenters. The van der Waals surface area contributed by atoms with Crippen molar-refractivity contribution in [1.29, 1.82) is 0 Å². The largest absolute Gasteiger partial charge is 0 e. The van der Waals surface area contributed by atoms with Crippen LogP contribution in [0, 0.1) is 0 Å². The fourth-order valence-corrected chi connectivity index (χ4v) is 0. The van der Waals surface area contributed by atoms with E-state index in [0.717, 1.165) is 0 Å². The van der Waals surface area contributed by atoms with Crippen molar-refractivity contribution >= 4 is 18.9 Å². The van der Waals surface area contributed by atoms with Crippen LogP contribution in [0.1, 0.15) is 0 Å². The summed E-state index contributed by atoms with van der Waals surface area (Å²) in [4.78, 5) is 0. The van der Waals surface area contributed by atoms with Gasteiger partial charge in [0.1, 0.15) is 0 Å². The van der Waals surface area contributed by atoms with Gasteiger partial charge >= 0.3 is 42.0 Å². The van der Waals surface area contributed by atoms with Crippen LogP contribution in [0.5, 0.6) is 0 Å². The SMILES string of the molecule is [LiH].[Ni].[O]=[Mo].[Ti]. The van der Waals surface area contributed by atoms with E-state index in [2.05, 4.69) is 0 Å². The Balaban J connectivity index is -0.00000000167. The van der Waals surface area contributed by atoms with Crippen molar-refractivity contribution in [2.45, 2.75) is 0 Å². The first kappa shape index (κ1) is 26.6. The van der Waals surface area contributed by atoms with Crippen LogP contribution in [0.2, 0.25) is 0 Å². The zero-order valence-electron chi connectivity index (χ0n) is 1.63. The molecular weight excluding hydrogens is 225 g/mol. The Morgan fingerprint density at radius 1 is 1.20 bits per heavy atom. The van der Waals surface area contributed by atoms with Gasteiger partial charge in [-0.15, -0.1) is 0 Å². The Morgan fingerprint density at radius 2 is 1.20 bits per heavy atom. The van der Waals surface area contributed by atoms with E-state index in [1.54, 1.807) is 0 Å². The molecule has 0 unspecified atom stereocenters. The molecule has 0 N–H and O–H groups in total. The Kier molecular flexibility index (Phi) is 179. The van der Waals surface area contributed by atoms with Crippen LogP contribution in [0.15, 0.2) is 0 Å². The predicted octanol–water partition coefficient (Wildman–Crippen LogP) is -0.775. The molecule has 0 heterocycles. The zero-order chi connectivity index (χ0) is 2.00. The summed E-state index contributed by atoms with van der Waals surface area (Å²) >= 11 is 0.700. The summed E-state index contributed by atoms with van der Waals surface area (Å²) < 4.78 is 8.26. The van der Waals surface area contributed by atoms with E-state index in [1.165, 1.54) is 0 Å². The van der Waals surface area contributed by atoms with E-state index in [9.17, 15) is 0 Å². The van der Waals surface area contributed by atoms with Gasteiger partial charge in [0.05, 0.1) is 0 Å². The maximum Gasteiger partial charge on any atom is 0 e. The Bertz CT molecular complexity index is 11.6. The van der Waals surface area contributed by atoms with E-state index in [1.807, 2.05) is 0 Å². The van der Waals surface area contributed by atoms with Crippen LogP contribution in [-0.2, 0) is 61.4 Å². The van der Waals surface area contributed by atoms with Gasteiger partial charge in [-0.25, -0.2) is 0 Å². The predicted molar refractivity (Wildman–Crippen MR) is 7.84 cm³/mol. The van der Waals surface area contributed by atoms with Gasteiger partial charge in [0.15, 0.2) is 0 Å². The number of hydrogen-bond donors (Lipinski definition) is 0. The fraction of sp³-hybridized carbons (Fsp3) is 0. The molecule has 0 spiro atoms. The first-order valence-electron chi connectivity index (χ1n) is 0.167. The second kappa shape index (κ2) is 33.5. The molecule has 5 heteroatoms. The third-order valence-corrected chi connectivity index (χ3v) is 0. The molecule has 5 heavy (non-hydrogen) atoms. The van der Waals surface area contributed by atoms with Crippen LogP contribution in [0.4, 0.5) is 0 Å². The summed E-state index contributed by atoms with van der Waals surface area (Å²) in [5, 5.41) is 0. The van der Waals surface area contributed by atoms with E-state index < -0.39 is 0 Å². The van der Waals surface area contributed by atoms with E-state index >= 15 is 0 Å². The summed E-state index contributed by atoms with van der Waals surface area (Å²) in [5.74, 6) is 0. The average Bonchev–Trinajstić information content (AvgIpc) is 1.00. The van der Waals surface area contributed by atoms with Gasteiger partial charge in [-0.1, -0.05) is 0 Å². The standard InChI is InChI=1S/Li.Mo.Ni.O.Ti.H. The van der Waals surface area contributed by atoms with Crippen molar-refractivity contribution in [3.8, 4) is 0 Å². The number of hydrogen-bond acceptors (Lipinski definition) is 1. The van der Waals surface area contributed by atoms with Gasteiger partial charge in [-0.2, -0.15) is 0 Å². The van der Waals surface area contributed by atoms with Crippen molar-refractivity contribution < 1.29 is 61.4 Å². The van der Waals surface area contributed by atoms with Crippen molar-refractivity contribution in [3.05, 3.63) is 0 Å². The minimum Gasteiger partial charge on any atom is 0 e. The Hall–Kier alpha value is 2.29. The summed E-state index contributed by atoms with van der Waals surface area (Å²) in [7, 11) is 0. The molecule has 0 aromatic carbocycles. The minimum absolute atomic E-state index is 0. The molecule has 0 aliphatic heterocycles. The maximum atomic E-state index is 8.26. The summed E-state index contributed by atoms with van der Waals surface area (Å²) in [5.41, 5.74) is 0. The molecule has 28 valence electrons. The van der Waals surface area contributed by atoms with Gasteiger partial charge in [0, 0.05) is 38.2 Å². The van der Waals surface area contributed by atoms with Gasteiger partial charge in [-0.05, 0) is 0 Å². The first-order valence-corrected chi connectivity index (χ1v) is 0.986. The topological polar surface area (TPSA) is 17.1 Å². The molecule has 0 aliphatic rings. The van der Waals surface area contributed by atoms with Crippen LogP contribution < -0.4 is 0 Å². The molecule has 0 rings (SSSR count). The van der Waals surface area contributed by atoms with E-state index in [4.69, 9.17) is 3.40 Å². The van der Waals surface area contributed by atoms with Crippen LogP contribution in [0.3, 0.4) is 0 Å². The van der Waals surface area contributed by atoms with Crippen LogP contribution in [0.25, 0.3) is 0 Å². The van der Waals surface area contributed by atoms with Crippen molar-refractivity contribution in [2.24, 2.45) is 0 Å².